The number of nitrogens with zero attached hydrogens (tertiary/aromatic N) is 1. The molecule has 5 nitrogen and oxygen atoms in total. The molecule has 0 aliphatic heterocycles. The van der Waals surface area contributed by atoms with Crippen molar-refractivity contribution in [2.75, 3.05) is 4.72 Å². The van der Waals surface area contributed by atoms with Crippen molar-refractivity contribution < 1.29 is 8.42 Å². The smallest absolute Gasteiger partial charge is 0.255 e. The summed E-state index contributed by atoms with van der Waals surface area (Å²) in [4.78, 5) is 3.82. The molecule has 0 saturated heterocycles. The molecule has 0 bridgehead atoms. The van der Waals surface area contributed by atoms with Gasteiger partial charge in [0, 0.05) is 6.04 Å². The number of hydrogen-bond acceptors (Lipinski definition) is 3. The number of halogens is 1. The highest BCUT2D eigenvalue weighted by Crippen LogP contribution is 2.20. The Hall–Kier alpha value is -0.850. The van der Waals surface area contributed by atoms with Crippen molar-refractivity contribution in [1.29, 1.82) is 0 Å². The Balaban J connectivity index is 2.06. The van der Waals surface area contributed by atoms with Gasteiger partial charge in [-0.15, -0.1) is 0 Å². The highest BCUT2D eigenvalue weighted by molar-refractivity contribution is 7.90. The molecular weight excluding hydrogens is 238 g/mol. The Morgan fingerprint density at radius 1 is 1.40 bits per heavy atom. The molecule has 1 aromatic heterocycles. The second-order valence-corrected chi connectivity index (χ2v) is 5.18. The molecule has 7 heteroatoms. The predicted octanol–water partition coefficient (Wildman–Crippen LogP) is 1.14. The summed E-state index contributed by atoms with van der Waals surface area (Å²) in [5.41, 5.74) is 0. The normalized spacial score (nSPS) is 16.3. The number of nitrogens with one attached hydrogen (secondary N) is 2. The summed E-state index contributed by atoms with van der Waals surface area (Å²) in [6.07, 6.45) is 1.79. The average Bonchev–Trinajstić information content (AvgIpc) is 2.86. The summed E-state index contributed by atoms with van der Waals surface area (Å²) in [6.45, 7) is 0. The number of pyridine rings is 1. The van der Waals surface area contributed by atoms with Crippen LogP contribution in [0.25, 0.3) is 0 Å². The van der Waals surface area contributed by atoms with Crippen LogP contribution >= 0.6 is 11.6 Å². The molecular formula is C8H10ClN3O2S. The van der Waals surface area contributed by atoms with E-state index in [0.717, 1.165) is 12.8 Å². The van der Waals surface area contributed by atoms with Crippen molar-refractivity contribution in [3.63, 3.8) is 0 Å². The van der Waals surface area contributed by atoms with E-state index in [9.17, 15) is 8.42 Å². The van der Waals surface area contributed by atoms with Crippen molar-refractivity contribution >= 4 is 27.6 Å². The van der Waals surface area contributed by atoms with Crippen LogP contribution in [-0.4, -0.2) is 19.4 Å². The van der Waals surface area contributed by atoms with Gasteiger partial charge in [0.2, 0.25) is 0 Å². The van der Waals surface area contributed by atoms with Gasteiger partial charge in [-0.3, -0.25) is 4.72 Å². The zero-order chi connectivity index (χ0) is 10.9. The van der Waals surface area contributed by atoms with Gasteiger partial charge < -0.3 is 0 Å². The highest BCUT2D eigenvalue weighted by atomic mass is 35.5. The summed E-state index contributed by atoms with van der Waals surface area (Å²) >= 11 is 5.63. The quantitative estimate of drug-likeness (QED) is 0.784. The molecule has 1 saturated carbocycles. The molecule has 0 spiro atoms. The Labute approximate surface area is 93.0 Å². The van der Waals surface area contributed by atoms with Crippen LogP contribution in [0.5, 0.6) is 0 Å². The van der Waals surface area contributed by atoms with E-state index >= 15 is 0 Å². The monoisotopic (exact) mass is 247 g/mol. The van der Waals surface area contributed by atoms with Gasteiger partial charge in [0.15, 0.2) is 0 Å². The lowest BCUT2D eigenvalue weighted by Crippen LogP contribution is -2.32. The summed E-state index contributed by atoms with van der Waals surface area (Å²) in [7, 11) is -3.51. The largest absolute Gasteiger partial charge is 0.300 e. The molecule has 1 aromatic rings. The lowest BCUT2D eigenvalue weighted by molar-refractivity contribution is 0.586. The first-order chi connectivity index (χ1) is 7.05. The maximum atomic E-state index is 11.5. The van der Waals surface area contributed by atoms with E-state index < -0.39 is 10.2 Å². The fourth-order valence-electron chi connectivity index (χ4n) is 1.05. The van der Waals surface area contributed by atoms with Gasteiger partial charge in [-0.2, -0.15) is 13.1 Å². The number of aromatic nitrogens is 1. The minimum absolute atomic E-state index is 0.0710. The van der Waals surface area contributed by atoms with Crippen molar-refractivity contribution in [2.24, 2.45) is 0 Å². The van der Waals surface area contributed by atoms with E-state index in [-0.39, 0.29) is 17.0 Å². The molecule has 0 amide bonds. The summed E-state index contributed by atoms with van der Waals surface area (Å²) in [5.74, 6) is 0.218. The summed E-state index contributed by atoms with van der Waals surface area (Å²) in [6, 6.07) is 4.82. The zero-order valence-corrected chi connectivity index (χ0v) is 9.35. The SMILES string of the molecule is O=S(=O)(Nc1cccc(Cl)n1)NC1CC1. The zero-order valence-electron chi connectivity index (χ0n) is 7.77. The second kappa shape index (κ2) is 3.96. The third-order valence-electron chi connectivity index (χ3n) is 1.85. The van der Waals surface area contributed by atoms with Gasteiger partial charge in [0.1, 0.15) is 11.0 Å². The maximum Gasteiger partial charge on any atom is 0.300 e. The molecule has 82 valence electrons. The molecule has 0 radical (unpaired) electrons. The minimum atomic E-state index is -3.51. The molecule has 1 fully saturated rings. The first-order valence-electron chi connectivity index (χ1n) is 4.48. The van der Waals surface area contributed by atoms with Crippen LogP contribution < -0.4 is 9.44 Å². The maximum absolute atomic E-state index is 11.5. The summed E-state index contributed by atoms with van der Waals surface area (Å²) < 4.78 is 27.7. The lowest BCUT2D eigenvalue weighted by Gasteiger charge is -2.07. The lowest BCUT2D eigenvalue weighted by atomic mass is 10.5. The minimum Gasteiger partial charge on any atom is -0.255 e. The second-order valence-electron chi connectivity index (χ2n) is 3.34. The van der Waals surface area contributed by atoms with Crippen molar-refractivity contribution in [2.45, 2.75) is 18.9 Å². The van der Waals surface area contributed by atoms with E-state index in [1.54, 1.807) is 12.1 Å². The van der Waals surface area contributed by atoms with E-state index in [1.807, 2.05) is 0 Å². The van der Waals surface area contributed by atoms with Crippen LogP contribution in [0.15, 0.2) is 18.2 Å². The van der Waals surface area contributed by atoms with E-state index in [2.05, 4.69) is 14.4 Å². The Bertz CT molecular complexity index is 459. The Morgan fingerprint density at radius 2 is 2.13 bits per heavy atom. The van der Waals surface area contributed by atoms with Crippen molar-refractivity contribution in [3.8, 4) is 0 Å². The topological polar surface area (TPSA) is 71.1 Å². The van der Waals surface area contributed by atoms with Gasteiger partial charge >= 0.3 is 10.2 Å². The number of rotatable bonds is 4. The van der Waals surface area contributed by atoms with Gasteiger partial charge in [-0.05, 0) is 25.0 Å². The van der Waals surface area contributed by atoms with Crippen LogP contribution in [-0.2, 0) is 10.2 Å². The van der Waals surface area contributed by atoms with Crippen LogP contribution in [0.4, 0.5) is 5.82 Å². The van der Waals surface area contributed by atoms with Crippen molar-refractivity contribution in [3.05, 3.63) is 23.4 Å². The molecule has 0 unspecified atom stereocenters. The van der Waals surface area contributed by atoms with Gasteiger partial charge in [0.25, 0.3) is 0 Å². The standard InChI is InChI=1S/C8H10ClN3O2S/c9-7-2-1-3-8(10-7)12-15(13,14)11-6-4-5-6/h1-3,6,11H,4-5H2,(H,10,12). The molecule has 2 N–H and O–H groups in total. The molecule has 15 heavy (non-hydrogen) atoms. The van der Waals surface area contributed by atoms with Crippen LogP contribution in [0.2, 0.25) is 5.15 Å². The van der Waals surface area contributed by atoms with Gasteiger partial charge in [0.05, 0.1) is 0 Å². The Kier molecular flexibility index (Phi) is 2.81. The predicted molar refractivity (Wildman–Crippen MR) is 57.9 cm³/mol. The van der Waals surface area contributed by atoms with Crippen LogP contribution in [0, 0.1) is 0 Å². The van der Waals surface area contributed by atoms with Gasteiger partial charge in [-0.1, -0.05) is 17.7 Å². The molecule has 0 atom stereocenters. The van der Waals surface area contributed by atoms with Crippen LogP contribution in [0.3, 0.4) is 0 Å². The Morgan fingerprint density at radius 3 is 2.73 bits per heavy atom. The number of anilines is 1. The first-order valence-corrected chi connectivity index (χ1v) is 6.34. The van der Waals surface area contributed by atoms with Crippen molar-refractivity contribution in [1.82, 2.24) is 9.71 Å². The van der Waals surface area contributed by atoms with E-state index in [4.69, 9.17) is 11.6 Å². The molecule has 1 aliphatic rings. The molecule has 1 heterocycles. The van der Waals surface area contributed by atoms with Gasteiger partial charge in [-0.25, -0.2) is 4.98 Å². The number of hydrogen-bond donors (Lipinski definition) is 2. The molecule has 1 aliphatic carbocycles. The van der Waals surface area contributed by atoms with E-state index in [0.29, 0.717) is 0 Å². The fourth-order valence-corrected chi connectivity index (χ4v) is 2.34. The fraction of sp³-hybridized carbons (Fsp3) is 0.375. The highest BCUT2D eigenvalue weighted by Gasteiger charge is 2.26. The molecule has 0 aromatic carbocycles. The molecule has 2 rings (SSSR count). The third kappa shape index (κ3) is 3.33. The third-order valence-corrected chi connectivity index (χ3v) is 3.19. The van der Waals surface area contributed by atoms with Crippen LogP contribution in [0.1, 0.15) is 12.8 Å². The summed E-state index contributed by atoms with van der Waals surface area (Å²) in [5, 5.41) is 0.252. The first kappa shape index (κ1) is 10.7. The van der Waals surface area contributed by atoms with E-state index in [1.165, 1.54) is 6.07 Å². The average molecular weight is 248 g/mol.